The monoisotopic (exact) mass is 375 g/mol. The summed E-state index contributed by atoms with van der Waals surface area (Å²) in [5.74, 6) is 0.860. The minimum atomic E-state index is -0.498. The molecule has 1 aromatic carbocycles. The molecule has 1 aromatic heterocycles. The summed E-state index contributed by atoms with van der Waals surface area (Å²) >= 11 is 1.66. The van der Waals surface area contributed by atoms with Crippen molar-refractivity contribution in [1.82, 2.24) is 15.6 Å². The molecule has 7 nitrogen and oxygen atoms in total. The summed E-state index contributed by atoms with van der Waals surface area (Å²) in [6, 6.07) is 7.47. The first-order valence-electron chi connectivity index (χ1n) is 8.50. The first kappa shape index (κ1) is 19.7. The van der Waals surface area contributed by atoms with Crippen molar-refractivity contribution >= 4 is 23.2 Å². The van der Waals surface area contributed by atoms with Crippen LogP contribution in [-0.2, 0) is 17.8 Å². The molecule has 0 bridgehead atoms. The number of carbonyl (C=O) groups is 1. The lowest BCUT2D eigenvalue weighted by atomic mass is 10.2. The molecule has 0 unspecified atom stereocenters. The van der Waals surface area contributed by atoms with Crippen molar-refractivity contribution in [3.8, 4) is 5.75 Å². The highest BCUT2D eigenvalue weighted by molar-refractivity contribution is 7.09. The van der Waals surface area contributed by atoms with Crippen molar-refractivity contribution < 1.29 is 9.53 Å². The van der Waals surface area contributed by atoms with E-state index >= 15 is 0 Å². The Morgan fingerprint density at radius 3 is 2.92 bits per heavy atom. The van der Waals surface area contributed by atoms with Crippen molar-refractivity contribution in [2.24, 2.45) is 10.7 Å². The maximum atomic E-state index is 10.8. The zero-order valence-electron chi connectivity index (χ0n) is 15.1. The number of aromatic nitrogens is 1. The van der Waals surface area contributed by atoms with Crippen LogP contribution in [0.25, 0.3) is 0 Å². The Labute approximate surface area is 157 Å². The molecule has 0 saturated heterocycles. The molecule has 0 fully saturated rings. The number of aryl methyl sites for hydroxylation is 1. The van der Waals surface area contributed by atoms with Gasteiger partial charge in [0.1, 0.15) is 5.75 Å². The van der Waals surface area contributed by atoms with Gasteiger partial charge < -0.3 is 21.1 Å². The number of nitrogens with one attached hydrogen (secondary N) is 2. The summed E-state index contributed by atoms with van der Waals surface area (Å²) in [6.45, 7) is 5.94. The van der Waals surface area contributed by atoms with E-state index in [2.05, 4.69) is 26.0 Å². The molecule has 4 N–H and O–H groups in total. The third-order valence-corrected chi connectivity index (χ3v) is 4.21. The number of rotatable bonds is 9. The highest BCUT2D eigenvalue weighted by Gasteiger charge is 2.02. The average Bonchev–Trinajstić information content (AvgIpc) is 3.03. The minimum Gasteiger partial charge on any atom is -0.484 e. The Kier molecular flexibility index (Phi) is 7.88. The number of thiazole rings is 1. The molecule has 8 heteroatoms. The molecule has 26 heavy (non-hydrogen) atoms. The van der Waals surface area contributed by atoms with Crippen LogP contribution in [0.5, 0.6) is 5.75 Å². The molecule has 0 aliphatic carbocycles. The molecular formula is C18H25N5O2S. The van der Waals surface area contributed by atoms with Gasteiger partial charge in [-0.2, -0.15) is 0 Å². The quantitative estimate of drug-likeness (QED) is 0.457. The molecule has 140 valence electrons. The predicted octanol–water partition coefficient (Wildman–Crippen LogP) is 1.61. The van der Waals surface area contributed by atoms with Gasteiger partial charge in [-0.25, -0.2) is 9.98 Å². The van der Waals surface area contributed by atoms with Crippen molar-refractivity contribution in [2.45, 2.75) is 26.8 Å². The van der Waals surface area contributed by atoms with Gasteiger partial charge in [-0.3, -0.25) is 4.79 Å². The van der Waals surface area contributed by atoms with Gasteiger partial charge in [0.25, 0.3) is 5.91 Å². The van der Waals surface area contributed by atoms with Crippen molar-refractivity contribution in [1.29, 1.82) is 0 Å². The van der Waals surface area contributed by atoms with Gasteiger partial charge in [0.15, 0.2) is 12.6 Å². The lowest BCUT2D eigenvalue weighted by Gasteiger charge is -2.11. The van der Waals surface area contributed by atoms with E-state index in [0.29, 0.717) is 12.3 Å². The fraction of sp³-hybridized carbons (Fsp3) is 0.389. The second-order valence-electron chi connectivity index (χ2n) is 5.63. The highest BCUT2D eigenvalue weighted by Crippen LogP contribution is 2.14. The lowest BCUT2D eigenvalue weighted by Crippen LogP contribution is -2.38. The fourth-order valence-corrected chi connectivity index (χ4v) is 2.88. The Morgan fingerprint density at radius 2 is 2.23 bits per heavy atom. The molecule has 0 atom stereocenters. The second kappa shape index (κ2) is 10.4. The van der Waals surface area contributed by atoms with Gasteiger partial charge in [0.05, 0.1) is 17.2 Å². The highest BCUT2D eigenvalue weighted by atomic mass is 32.1. The lowest BCUT2D eigenvalue weighted by molar-refractivity contribution is -0.119. The van der Waals surface area contributed by atoms with E-state index in [1.807, 2.05) is 32.0 Å². The van der Waals surface area contributed by atoms with Gasteiger partial charge in [-0.1, -0.05) is 12.1 Å². The average molecular weight is 375 g/mol. The maximum absolute atomic E-state index is 10.8. The van der Waals surface area contributed by atoms with Crippen LogP contribution in [0, 0.1) is 6.92 Å². The smallest absolute Gasteiger partial charge is 0.255 e. The zero-order chi connectivity index (χ0) is 18.8. The van der Waals surface area contributed by atoms with Gasteiger partial charge in [0, 0.05) is 24.9 Å². The molecule has 0 aliphatic heterocycles. The molecule has 0 saturated carbocycles. The molecule has 2 rings (SSSR count). The number of amides is 1. The topological polar surface area (TPSA) is 102 Å². The number of nitrogens with two attached hydrogens (primary N) is 1. The van der Waals surface area contributed by atoms with E-state index in [0.717, 1.165) is 41.7 Å². The van der Waals surface area contributed by atoms with E-state index in [9.17, 15) is 4.79 Å². The summed E-state index contributed by atoms with van der Waals surface area (Å²) in [6.07, 6.45) is 0.852. The predicted molar refractivity (Wildman–Crippen MR) is 105 cm³/mol. The van der Waals surface area contributed by atoms with Crippen LogP contribution < -0.4 is 21.1 Å². The van der Waals surface area contributed by atoms with E-state index in [1.54, 1.807) is 17.4 Å². The Morgan fingerprint density at radius 1 is 1.38 bits per heavy atom. The molecule has 2 aromatic rings. The normalized spacial score (nSPS) is 11.2. The van der Waals surface area contributed by atoms with Crippen molar-refractivity contribution in [3.05, 3.63) is 45.9 Å². The molecule has 1 heterocycles. The number of hydrogen-bond donors (Lipinski definition) is 3. The van der Waals surface area contributed by atoms with Gasteiger partial charge >= 0.3 is 0 Å². The Balaban J connectivity index is 1.88. The van der Waals surface area contributed by atoms with Crippen molar-refractivity contribution in [3.63, 3.8) is 0 Å². The first-order chi connectivity index (χ1) is 12.6. The van der Waals surface area contributed by atoms with E-state index in [4.69, 9.17) is 10.5 Å². The zero-order valence-corrected chi connectivity index (χ0v) is 15.9. The number of guanidine groups is 1. The van der Waals surface area contributed by atoms with Crippen molar-refractivity contribution in [2.75, 3.05) is 19.7 Å². The van der Waals surface area contributed by atoms with Crippen LogP contribution in [0.15, 0.2) is 34.6 Å². The summed E-state index contributed by atoms with van der Waals surface area (Å²) in [4.78, 5) is 19.8. The van der Waals surface area contributed by atoms with Crippen LogP contribution >= 0.6 is 11.3 Å². The van der Waals surface area contributed by atoms with E-state index in [1.165, 1.54) is 0 Å². The number of benzene rings is 1. The maximum Gasteiger partial charge on any atom is 0.255 e. The van der Waals surface area contributed by atoms with Crippen LogP contribution in [0.2, 0.25) is 0 Å². The largest absolute Gasteiger partial charge is 0.484 e. The number of carbonyl (C=O) groups excluding carboxylic acids is 1. The third-order valence-electron chi connectivity index (χ3n) is 3.38. The minimum absolute atomic E-state index is 0.132. The number of primary amides is 1. The Bertz CT molecular complexity index is 745. The molecule has 0 radical (unpaired) electrons. The number of hydrogen-bond acceptors (Lipinski definition) is 5. The summed E-state index contributed by atoms with van der Waals surface area (Å²) in [5, 5.41) is 9.71. The summed E-state index contributed by atoms with van der Waals surface area (Å²) in [5.41, 5.74) is 7.17. The molecular weight excluding hydrogens is 350 g/mol. The summed E-state index contributed by atoms with van der Waals surface area (Å²) < 4.78 is 5.32. The van der Waals surface area contributed by atoms with E-state index < -0.39 is 5.91 Å². The van der Waals surface area contributed by atoms with Crippen LogP contribution in [0.3, 0.4) is 0 Å². The second-order valence-corrected chi connectivity index (χ2v) is 6.69. The van der Waals surface area contributed by atoms with Gasteiger partial charge in [-0.15, -0.1) is 11.3 Å². The fourth-order valence-electron chi connectivity index (χ4n) is 2.23. The standard InChI is InChI=1S/C18H25N5O2S/c1-3-20-18(21-8-7-15-12-26-13(2)23-15)22-10-14-5-4-6-16(9-14)25-11-17(19)24/h4-6,9,12H,3,7-8,10-11H2,1-2H3,(H2,19,24)(H2,20,21,22). The number of aliphatic imine (C=N–C) groups is 1. The Hall–Kier alpha value is -2.61. The van der Waals surface area contributed by atoms with Gasteiger partial charge in [-0.05, 0) is 31.5 Å². The molecule has 0 spiro atoms. The van der Waals surface area contributed by atoms with Crippen LogP contribution in [-0.4, -0.2) is 36.5 Å². The first-order valence-corrected chi connectivity index (χ1v) is 9.38. The van der Waals surface area contributed by atoms with Crippen LogP contribution in [0.4, 0.5) is 0 Å². The number of nitrogens with zero attached hydrogens (tertiary/aromatic N) is 2. The third kappa shape index (κ3) is 7.10. The molecule has 0 aliphatic rings. The molecule has 1 amide bonds. The SMILES string of the molecule is CCNC(=NCc1cccc(OCC(N)=O)c1)NCCc1csc(C)n1. The van der Waals surface area contributed by atoms with Gasteiger partial charge in [0.2, 0.25) is 0 Å². The van der Waals surface area contributed by atoms with Crippen LogP contribution in [0.1, 0.15) is 23.2 Å². The van der Waals surface area contributed by atoms with E-state index in [-0.39, 0.29) is 6.61 Å². The number of ether oxygens (including phenoxy) is 1. The summed E-state index contributed by atoms with van der Waals surface area (Å²) in [7, 11) is 0.